The zero-order chi connectivity index (χ0) is 15.5. The third-order valence-electron chi connectivity index (χ3n) is 3.92. The van der Waals surface area contributed by atoms with E-state index in [1.54, 1.807) is 12.1 Å². The molecule has 2 heterocycles. The van der Waals surface area contributed by atoms with Gasteiger partial charge in [0.1, 0.15) is 5.82 Å². The molecule has 1 unspecified atom stereocenters. The Kier molecular flexibility index (Phi) is 4.52. The lowest BCUT2D eigenvalue weighted by Crippen LogP contribution is -2.17. The van der Waals surface area contributed by atoms with Crippen LogP contribution in [0.25, 0.3) is 0 Å². The first-order chi connectivity index (χ1) is 10.7. The molecule has 0 amide bonds. The highest BCUT2D eigenvalue weighted by Gasteiger charge is 2.28. The van der Waals surface area contributed by atoms with E-state index in [0.717, 1.165) is 41.6 Å². The number of aryl methyl sites for hydroxylation is 1. The van der Waals surface area contributed by atoms with E-state index in [-0.39, 0.29) is 5.78 Å². The van der Waals surface area contributed by atoms with Crippen LogP contribution in [0.3, 0.4) is 0 Å². The van der Waals surface area contributed by atoms with Crippen LogP contribution in [0.1, 0.15) is 47.2 Å². The molecule has 0 fully saturated rings. The van der Waals surface area contributed by atoms with Crippen LogP contribution in [0.15, 0.2) is 24.3 Å². The Morgan fingerprint density at radius 2 is 2.00 bits per heavy atom. The van der Waals surface area contributed by atoms with Crippen LogP contribution < -0.4 is 0 Å². The molecule has 0 spiro atoms. The molecule has 22 heavy (non-hydrogen) atoms. The van der Waals surface area contributed by atoms with E-state index in [1.807, 2.05) is 16.7 Å². The maximum Gasteiger partial charge on any atom is 0.187 e. The fourth-order valence-electron chi connectivity index (χ4n) is 2.74. The molecule has 0 bridgehead atoms. The van der Waals surface area contributed by atoms with Gasteiger partial charge in [0, 0.05) is 22.1 Å². The molecule has 0 saturated carbocycles. The fourth-order valence-corrected chi connectivity index (χ4v) is 3.10. The lowest BCUT2D eigenvalue weighted by molar-refractivity contribution is 0.0974. The Morgan fingerprint density at radius 3 is 2.73 bits per heavy atom. The van der Waals surface area contributed by atoms with Gasteiger partial charge >= 0.3 is 0 Å². The average molecular weight is 406 g/mol. The van der Waals surface area contributed by atoms with Crippen molar-refractivity contribution >= 4 is 28.4 Å². The molecule has 112 valence electrons. The quantitative estimate of drug-likeness (QED) is 0.580. The Hall–Kier alpha value is -1.75. The summed E-state index contributed by atoms with van der Waals surface area (Å²) in [4.78, 5) is 12.7. The molecule has 1 aromatic carbocycles. The summed E-state index contributed by atoms with van der Waals surface area (Å²) in [6.45, 7) is 0.788. The van der Waals surface area contributed by atoms with Gasteiger partial charge in [0.05, 0.1) is 6.07 Å². The van der Waals surface area contributed by atoms with E-state index in [9.17, 15) is 10.1 Å². The van der Waals surface area contributed by atoms with Crippen molar-refractivity contribution in [2.75, 3.05) is 0 Å². The van der Waals surface area contributed by atoms with Crippen molar-refractivity contribution < 1.29 is 4.79 Å². The molecular formula is C16H15IN4O. The molecule has 0 aliphatic carbocycles. The number of halogens is 1. The third kappa shape index (κ3) is 2.90. The molecule has 0 saturated heterocycles. The molecule has 6 heteroatoms. The SMILES string of the molecule is N#CC(C(=O)c1ccc(I)cc1)c1nnc2n1CCCCC2. The second-order valence-corrected chi connectivity index (χ2v) is 6.62. The zero-order valence-electron chi connectivity index (χ0n) is 12.0. The van der Waals surface area contributed by atoms with Crippen molar-refractivity contribution in [3.63, 3.8) is 0 Å². The van der Waals surface area contributed by atoms with E-state index in [0.29, 0.717) is 11.4 Å². The molecule has 5 nitrogen and oxygen atoms in total. The summed E-state index contributed by atoms with van der Waals surface area (Å²) < 4.78 is 3.02. The normalized spacial score (nSPS) is 15.5. The molecule has 0 radical (unpaired) electrons. The number of Topliss-reactive ketones (excluding diaryl/α,β-unsaturated/α-hetero) is 1. The van der Waals surface area contributed by atoms with Gasteiger partial charge < -0.3 is 4.57 Å². The van der Waals surface area contributed by atoms with Gasteiger partial charge in [0.2, 0.25) is 0 Å². The summed E-state index contributed by atoms with van der Waals surface area (Å²) in [5.41, 5.74) is 0.540. The summed E-state index contributed by atoms with van der Waals surface area (Å²) in [5, 5.41) is 17.8. The molecule has 2 aromatic rings. The number of fused-ring (bicyclic) bond motifs is 1. The number of hydrogen-bond acceptors (Lipinski definition) is 4. The lowest BCUT2D eigenvalue weighted by atomic mass is 9.98. The summed E-state index contributed by atoms with van der Waals surface area (Å²) in [5.74, 6) is 0.281. The Balaban J connectivity index is 1.95. The third-order valence-corrected chi connectivity index (χ3v) is 4.64. The number of nitriles is 1. The molecular weight excluding hydrogens is 391 g/mol. The predicted octanol–water partition coefficient (Wildman–Crippen LogP) is 3.10. The van der Waals surface area contributed by atoms with Crippen molar-refractivity contribution in [3.05, 3.63) is 45.0 Å². The standard InChI is InChI=1S/C16H15IN4O/c17-12-7-5-11(6-8-12)15(22)13(10-18)16-20-19-14-4-2-1-3-9-21(14)16/h5-8,13H,1-4,9H2. The first-order valence-electron chi connectivity index (χ1n) is 7.32. The monoisotopic (exact) mass is 406 g/mol. The van der Waals surface area contributed by atoms with E-state index in [4.69, 9.17) is 0 Å². The number of aromatic nitrogens is 3. The van der Waals surface area contributed by atoms with Gasteiger partial charge in [0.15, 0.2) is 17.5 Å². The van der Waals surface area contributed by atoms with Crippen molar-refractivity contribution in [2.24, 2.45) is 0 Å². The van der Waals surface area contributed by atoms with Crippen molar-refractivity contribution in [2.45, 2.75) is 38.1 Å². The number of benzene rings is 1. The summed E-state index contributed by atoms with van der Waals surface area (Å²) in [7, 11) is 0. The van der Waals surface area contributed by atoms with E-state index in [1.165, 1.54) is 0 Å². The van der Waals surface area contributed by atoms with Crippen LogP contribution >= 0.6 is 22.6 Å². The molecule has 1 aromatic heterocycles. The maximum atomic E-state index is 12.7. The highest BCUT2D eigenvalue weighted by Crippen LogP contribution is 2.23. The van der Waals surface area contributed by atoms with Crippen LogP contribution in [0.5, 0.6) is 0 Å². The van der Waals surface area contributed by atoms with Gasteiger partial charge in [-0.2, -0.15) is 5.26 Å². The zero-order valence-corrected chi connectivity index (χ0v) is 14.2. The number of carbonyl (C=O) groups excluding carboxylic acids is 1. The smallest absolute Gasteiger partial charge is 0.187 e. The van der Waals surface area contributed by atoms with Crippen LogP contribution in [0.4, 0.5) is 0 Å². The minimum absolute atomic E-state index is 0.210. The molecule has 1 atom stereocenters. The van der Waals surface area contributed by atoms with Gasteiger partial charge in [-0.05, 0) is 47.6 Å². The van der Waals surface area contributed by atoms with E-state index in [2.05, 4.69) is 38.9 Å². The number of nitrogens with zero attached hydrogens (tertiary/aromatic N) is 4. The molecule has 1 aliphatic heterocycles. The summed E-state index contributed by atoms with van der Waals surface area (Å²) in [6, 6.07) is 9.36. The van der Waals surface area contributed by atoms with Crippen LogP contribution in [-0.4, -0.2) is 20.5 Å². The average Bonchev–Trinajstić information content (AvgIpc) is 2.78. The largest absolute Gasteiger partial charge is 0.313 e. The van der Waals surface area contributed by atoms with Gasteiger partial charge in [-0.1, -0.05) is 18.6 Å². The van der Waals surface area contributed by atoms with Gasteiger partial charge in [-0.3, -0.25) is 4.79 Å². The summed E-state index contributed by atoms with van der Waals surface area (Å²) >= 11 is 2.19. The molecule has 0 N–H and O–H groups in total. The summed E-state index contributed by atoms with van der Waals surface area (Å²) in [6.07, 6.45) is 4.13. The van der Waals surface area contributed by atoms with Crippen LogP contribution in [-0.2, 0) is 13.0 Å². The number of ketones is 1. The van der Waals surface area contributed by atoms with Gasteiger partial charge in [-0.25, -0.2) is 0 Å². The van der Waals surface area contributed by atoms with Crippen LogP contribution in [0, 0.1) is 14.9 Å². The second-order valence-electron chi connectivity index (χ2n) is 5.37. The highest BCUT2D eigenvalue weighted by molar-refractivity contribution is 14.1. The Labute approximate surface area is 142 Å². The maximum absolute atomic E-state index is 12.7. The molecule has 3 rings (SSSR count). The Morgan fingerprint density at radius 1 is 1.23 bits per heavy atom. The minimum atomic E-state index is -0.889. The number of rotatable bonds is 3. The predicted molar refractivity (Wildman–Crippen MR) is 89.4 cm³/mol. The number of hydrogen-bond donors (Lipinski definition) is 0. The first-order valence-corrected chi connectivity index (χ1v) is 8.40. The van der Waals surface area contributed by atoms with E-state index >= 15 is 0 Å². The van der Waals surface area contributed by atoms with E-state index < -0.39 is 5.92 Å². The van der Waals surface area contributed by atoms with Crippen molar-refractivity contribution in [3.8, 4) is 6.07 Å². The first kappa shape index (κ1) is 15.2. The van der Waals surface area contributed by atoms with Gasteiger partial charge in [0.25, 0.3) is 0 Å². The highest BCUT2D eigenvalue weighted by atomic mass is 127. The molecule has 1 aliphatic rings. The Bertz CT molecular complexity index is 730. The van der Waals surface area contributed by atoms with Gasteiger partial charge in [-0.15, -0.1) is 10.2 Å². The number of carbonyl (C=O) groups is 1. The van der Waals surface area contributed by atoms with Crippen molar-refractivity contribution in [1.82, 2.24) is 14.8 Å². The van der Waals surface area contributed by atoms with Crippen LogP contribution in [0.2, 0.25) is 0 Å². The second kappa shape index (κ2) is 6.57. The minimum Gasteiger partial charge on any atom is -0.313 e. The fraction of sp³-hybridized carbons (Fsp3) is 0.375. The topological polar surface area (TPSA) is 71.6 Å². The lowest BCUT2D eigenvalue weighted by Gasteiger charge is -2.11. The van der Waals surface area contributed by atoms with Crippen molar-refractivity contribution in [1.29, 1.82) is 5.26 Å².